The normalized spacial score (nSPS) is 14.5. The van der Waals surface area contributed by atoms with E-state index in [1.807, 2.05) is 0 Å². The van der Waals surface area contributed by atoms with Crippen molar-refractivity contribution in [3.8, 4) is 5.75 Å². The molecule has 1 saturated heterocycles. The number of pyridine rings is 1. The zero-order valence-corrected chi connectivity index (χ0v) is 17.2. The van der Waals surface area contributed by atoms with Crippen LogP contribution in [0.3, 0.4) is 0 Å². The summed E-state index contributed by atoms with van der Waals surface area (Å²) in [4.78, 5) is 30.3. The average Bonchev–Trinajstić information content (AvgIpc) is 2.80. The molecule has 2 heterocycles. The molecule has 1 aromatic heterocycles. The van der Waals surface area contributed by atoms with Gasteiger partial charge in [0.2, 0.25) is 0 Å². The molecule has 0 saturated carbocycles. The van der Waals surface area contributed by atoms with Gasteiger partial charge >= 0.3 is 5.97 Å². The number of rotatable bonds is 6. The molecule has 1 fully saturated rings. The van der Waals surface area contributed by atoms with E-state index in [-0.39, 0.29) is 17.2 Å². The van der Waals surface area contributed by atoms with Gasteiger partial charge in [0, 0.05) is 29.1 Å². The standard InChI is InChI=1S/C24H25N3O4/c28-22-19(12-16-4-6-17(7-5-16)24(30)31)14-25-21-9-8-18(13-20(21)22)23(29)26-15-27-10-2-1-3-11-27/h4-9,13-14H,1-3,10-12,15H2,(H,25,28)(H,26,29)(H,30,31). The van der Waals surface area contributed by atoms with Crippen LogP contribution >= 0.6 is 0 Å². The van der Waals surface area contributed by atoms with Crippen molar-refractivity contribution < 1.29 is 19.8 Å². The topological polar surface area (TPSA) is 103 Å². The lowest BCUT2D eigenvalue weighted by Crippen LogP contribution is -2.40. The quantitative estimate of drug-likeness (QED) is 0.566. The van der Waals surface area contributed by atoms with Crippen molar-refractivity contribution in [1.82, 2.24) is 15.2 Å². The highest BCUT2D eigenvalue weighted by Gasteiger charge is 2.15. The molecule has 1 amide bonds. The van der Waals surface area contributed by atoms with Gasteiger partial charge in [0.05, 0.1) is 17.7 Å². The number of aromatic nitrogens is 1. The van der Waals surface area contributed by atoms with Crippen LogP contribution in [0.4, 0.5) is 0 Å². The Morgan fingerprint density at radius 2 is 1.71 bits per heavy atom. The minimum Gasteiger partial charge on any atom is -0.507 e. The smallest absolute Gasteiger partial charge is 0.335 e. The van der Waals surface area contributed by atoms with Gasteiger partial charge in [-0.25, -0.2) is 4.79 Å². The Hall–Kier alpha value is -3.45. The Balaban J connectivity index is 1.52. The third-order valence-corrected chi connectivity index (χ3v) is 5.68. The first kappa shape index (κ1) is 20.8. The molecule has 2 aromatic carbocycles. The van der Waals surface area contributed by atoms with Crippen LogP contribution in [-0.4, -0.2) is 51.7 Å². The first-order chi connectivity index (χ1) is 15.0. The first-order valence-corrected chi connectivity index (χ1v) is 10.4. The lowest BCUT2D eigenvalue weighted by atomic mass is 10.0. The summed E-state index contributed by atoms with van der Waals surface area (Å²) in [7, 11) is 0. The number of benzene rings is 2. The molecule has 7 nitrogen and oxygen atoms in total. The summed E-state index contributed by atoms with van der Waals surface area (Å²) in [6.07, 6.45) is 5.58. The fourth-order valence-electron chi connectivity index (χ4n) is 3.88. The summed E-state index contributed by atoms with van der Waals surface area (Å²) in [6.45, 7) is 2.52. The molecule has 0 radical (unpaired) electrons. The molecule has 4 rings (SSSR count). The number of piperidine rings is 1. The number of aromatic carboxylic acids is 1. The van der Waals surface area contributed by atoms with Crippen molar-refractivity contribution in [3.63, 3.8) is 0 Å². The molecular formula is C24H25N3O4. The number of carbonyl (C=O) groups is 2. The highest BCUT2D eigenvalue weighted by Crippen LogP contribution is 2.29. The van der Waals surface area contributed by atoms with Crippen LogP contribution in [0.25, 0.3) is 10.9 Å². The molecule has 0 aliphatic carbocycles. The minimum absolute atomic E-state index is 0.0815. The number of nitrogens with one attached hydrogen (secondary N) is 1. The van der Waals surface area contributed by atoms with Crippen molar-refractivity contribution >= 4 is 22.8 Å². The van der Waals surface area contributed by atoms with E-state index in [0.29, 0.717) is 35.1 Å². The molecule has 3 N–H and O–H groups in total. The van der Waals surface area contributed by atoms with Crippen LogP contribution < -0.4 is 5.32 Å². The molecule has 1 aliphatic rings. The maximum absolute atomic E-state index is 12.6. The predicted molar refractivity (Wildman–Crippen MR) is 117 cm³/mol. The predicted octanol–water partition coefficient (Wildman–Crippen LogP) is 3.40. The minimum atomic E-state index is -0.979. The maximum atomic E-state index is 12.6. The molecule has 31 heavy (non-hydrogen) atoms. The Kier molecular flexibility index (Phi) is 6.13. The summed E-state index contributed by atoms with van der Waals surface area (Å²) < 4.78 is 0. The second kappa shape index (κ2) is 9.14. The van der Waals surface area contributed by atoms with Gasteiger partial charge in [-0.15, -0.1) is 0 Å². The molecule has 0 unspecified atom stereocenters. The second-order valence-electron chi connectivity index (χ2n) is 7.89. The van der Waals surface area contributed by atoms with Gasteiger partial charge in [-0.1, -0.05) is 18.6 Å². The van der Waals surface area contributed by atoms with Gasteiger partial charge in [0.1, 0.15) is 5.75 Å². The number of likely N-dealkylation sites (tertiary alicyclic amines) is 1. The van der Waals surface area contributed by atoms with Crippen LogP contribution in [0.1, 0.15) is 51.1 Å². The Bertz CT molecular complexity index is 1110. The summed E-state index contributed by atoms with van der Waals surface area (Å²) in [5.74, 6) is -1.08. The number of hydrogen-bond donors (Lipinski definition) is 3. The van der Waals surface area contributed by atoms with Gasteiger partial charge in [-0.2, -0.15) is 0 Å². The SMILES string of the molecule is O=C(O)c1ccc(Cc2cnc3ccc(C(=O)NCN4CCCCC4)cc3c2O)cc1. The van der Waals surface area contributed by atoms with Gasteiger partial charge in [0.15, 0.2) is 0 Å². The molecule has 0 bridgehead atoms. The average molecular weight is 419 g/mol. The van der Waals surface area contributed by atoms with Crippen molar-refractivity contribution in [1.29, 1.82) is 0 Å². The number of carbonyl (C=O) groups excluding carboxylic acids is 1. The van der Waals surface area contributed by atoms with Crippen molar-refractivity contribution in [2.75, 3.05) is 19.8 Å². The Morgan fingerprint density at radius 3 is 2.42 bits per heavy atom. The van der Waals surface area contributed by atoms with E-state index in [4.69, 9.17) is 5.11 Å². The third kappa shape index (κ3) is 4.83. The molecule has 0 atom stereocenters. The highest BCUT2D eigenvalue weighted by molar-refractivity contribution is 5.99. The van der Waals surface area contributed by atoms with Crippen LogP contribution in [0, 0.1) is 0 Å². The fourth-order valence-corrected chi connectivity index (χ4v) is 3.88. The molecular weight excluding hydrogens is 394 g/mol. The number of aromatic hydroxyl groups is 1. The third-order valence-electron chi connectivity index (χ3n) is 5.68. The lowest BCUT2D eigenvalue weighted by molar-refractivity contribution is 0.0696. The van der Waals surface area contributed by atoms with E-state index in [1.165, 1.54) is 18.6 Å². The van der Waals surface area contributed by atoms with Gasteiger partial charge in [-0.3, -0.25) is 14.7 Å². The van der Waals surface area contributed by atoms with E-state index >= 15 is 0 Å². The van der Waals surface area contributed by atoms with Crippen LogP contribution in [0.5, 0.6) is 5.75 Å². The fraction of sp³-hybridized carbons (Fsp3) is 0.292. The van der Waals surface area contributed by atoms with E-state index in [1.54, 1.807) is 36.5 Å². The van der Waals surface area contributed by atoms with E-state index in [0.717, 1.165) is 31.5 Å². The van der Waals surface area contributed by atoms with Crippen LogP contribution in [-0.2, 0) is 6.42 Å². The lowest BCUT2D eigenvalue weighted by Gasteiger charge is -2.26. The number of nitrogens with zero attached hydrogens (tertiary/aromatic N) is 2. The van der Waals surface area contributed by atoms with E-state index in [2.05, 4.69) is 15.2 Å². The van der Waals surface area contributed by atoms with Crippen molar-refractivity contribution in [3.05, 3.63) is 70.9 Å². The summed E-state index contributed by atoms with van der Waals surface area (Å²) in [6, 6.07) is 11.6. The first-order valence-electron chi connectivity index (χ1n) is 10.4. The largest absolute Gasteiger partial charge is 0.507 e. The maximum Gasteiger partial charge on any atom is 0.335 e. The number of amides is 1. The van der Waals surface area contributed by atoms with Crippen molar-refractivity contribution in [2.45, 2.75) is 25.7 Å². The number of fused-ring (bicyclic) bond motifs is 1. The van der Waals surface area contributed by atoms with Crippen LogP contribution in [0.15, 0.2) is 48.7 Å². The second-order valence-corrected chi connectivity index (χ2v) is 7.89. The molecule has 7 heteroatoms. The molecule has 1 aliphatic heterocycles. The summed E-state index contributed by atoms with van der Waals surface area (Å²) >= 11 is 0. The van der Waals surface area contributed by atoms with Crippen LogP contribution in [0.2, 0.25) is 0 Å². The molecule has 3 aromatic rings. The number of carboxylic acid groups (broad SMARTS) is 1. The number of hydrogen-bond acceptors (Lipinski definition) is 5. The zero-order chi connectivity index (χ0) is 21.8. The molecule has 0 spiro atoms. The highest BCUT2D eigenvalue weighted by atomic mass is 16.4. The Labute approximate surface area is 180 Å². The van der Waals surface area contributed by atoms with Gasteiger partial charge in [0.25, 0.3) is 5.91 Å². The van der Waals surface area contributed by atoms with Gasteiger partial charge < -0.3 is 15.5 Å². The molecule has 160 valence electrons. The van der Waals surface area contributed by atoms with Gasteiger partial charge in [-0.05, 0) is 61.8 Å². The summed E-state index contributed by atoms with van der Waals surface area (Å²) in [5.41, 5.74) is 2.77. The summed E-state index contributed by atoms with van der Waals surface area (Å²) in [5, 5.41) is 23.3. The zero-order valence-electron chi connectivity index (χ0n) is 17.2. The number of carboxylic acids is 1. The van der Waals surface area contributed by atoms with Crippen molar-refractivity contribution in [2.24, 2.45) is 0 Å². The monoisotopic (exact) mass is 419 g/mol. The Morgan fingerprint density at radius 1 is 1.00 bits per heavy atom. The van der Waals surface area contributed by atoms with E-state index < -0.39 is 5.97 Å². The van der Waals surface area contributed by atoms with E-state index in [9.17, 15) is 14.7 Å².